The predicted molar refractivity (Wildman–Crippen MR) is 110 cm³/mol. The van der Waals surface area contributed by atoms with Crippen molar-refractivity contribution in [2.24, 2.45) is 11.1 Å². The molecule has 0 aliphatic heterocycles. The number of unbranched alkanes of at least 4 members (excludes halogenated alkanes) is 1. The molecular formula is C21H29N3O2S. The standard InChI is InChI=1S/C21H29N3O2S/c1-21(12-6-2-7-13-21)20(26)24-16(10-5-8-14-22)18(25)19-23-15-9-3-4-11-17(15)27-19/h3-4,9,11,16H,2,5-8,10,12-14,22H2,1H3,(H,24,26). The van der Waals surface area contributed by atoms with E-state index in [0.29, 0.717) is 18.0 Å². The van der Waals surface area contributed by atoms with Gasteiger partial charge in [-0.15, -0.1) is 11.3 Å². The second-order valence-electron chi connectivity index (χ2n) is 7.78. The van der Waals surface area contributed by atoms with Gasteiger partial charge in [-0.3, -0.25) is 9.59 Å². The highest BCUT2D eigenvalue weighted by Crippen LogP contribution is 2.36. The van der Waals surface area contributed by atoms with E-state index < -0.39 is 6.04 Å². The zero-order chi connectivity index (χ0) is 19.3. The summed E-state index contributed by atoms with van der Waals surface area (Å²) in [6.07, 6.45) is 7.39. The van der Waals surface area contributed by atoms with Crippen LogP contribution < -0.4 is 11.1 Å². The number of nitrogens with one attached hydrogen (secondary N) is 1. The van der Waals surface area contributed by atoms with Crippen molar-refractivity contribution in [1.82, 2.24) is 10.3 Å². The number of hydrogen-bond donors (Lipinski definition) is 2. The second kappa shape index (κ2) is 8.93. The van der Waals surface area contributed by atoms with Crippen molar-refractivity contribution in [3.05, 3.63) is 29.3 Å². The van der Waals surface area contributed by atoms with Gasteiger partial charge in [0.2, 0.25) is 11.7 Å². The van der Waals surface area contributed by atoms with Gasteiger partial charge >= 0.3 is 0 Å². The highest BCUT2D eigenvalue weighted by atomic mass is 32.1. The number of rotatable bonds is 8. The third-order valence-electron chi connectivity index (χ3n) is 5.58. The van der Waals surface area contributed by atoms with Crippen molar-refractivity contribution in [3.63, 3.8) is 0 Å². The fourth-order valence-electron chi connectivity index (χ4n) is 3.78. The average molecular weight is 388 g/mol. The molecule has 1 fully saturated rings. The minimum atomic E-state index is -0.525. The highest BCUT2D eigenvalue weighted by Gasteiger charge is 2.37. The lowest BCUT2D eigenvalue weighted by molar-refractivity contribution is -0.132. The number of benzene rings is 1. The first-order valence-electron chi connectivity index (χ1n) is 9.94. The molecule has 6 heteroatoms. The lowest BCUT2D eigenvalue weighted by atomic mass is 9.75. The Morgan fingerprint density at radius 1 is 1.22 bits per heavy atom. The van der Waals surface area contributed by atoms with E-state index in [1.807, 2.05) is 31.2 Å². The number of aromatic nitrogens is 1. The third-order valence-corrected chi connectivity index (χ3v) is 6.63. The molecule has 1 aliphatic rings. The molecular weight excluding hydrogens is 358 g/mol. The van der Waals surface area contributed by atoms with Crippen LogP contribution in [0.15, 0.2) is 24.3 Å². The van der Waals surface area contributed by atoms with Gasteiger partial charge in [0.05, 0.1) is 16.3 Å². The van der Waals surface area contributed by atoms with Gasteiger partial charge in [-0.1, -0.05) is 38.3 Å². The number of fused-ring (bicyclic) bond motifs is 1. The zero-order valence-electron chi connectivity index (χ0n) is 16.0. The molecule has 3 rings (SSSR count). The van der Waals surface area contributed by atoms with Gasteiger partial charge in [-0.2, -0.15) is 0 Å². The summed E-state index contributed by atoms with van der Waals surface area (Å²) in [5.41, 5.74) is 6.08. The summed E-state index contributed by atoms with van der Waals surface area (Å²) in [6, 6.07) is 7.21. The molecule has 0 bridgehead atoms. The number of carbonyl (C=O) groups is 2. The summed E-state index contributed by atoms with van der Waals surface area (Å²) in [5.74, 6) is -0.0737. The number of Topliss-reactive ketones (excluding diaryl/α,β-unsaturated/α-hetero) is 1. The van der Waals surface area contributed by atoms with Crippen LogP contribution in [0.5, 0.6) is 0 Å². The third kappa shape index (κ3) is 4.74. The lowest BCUT2D eigenvalue weighted by Crippen LogP contribution is -2.48. The van der Waals surface area contributed by atoms with Crippen LogP contribution in [0.25, 0.3) is 10.2 Å². The Bertz CT molecular complexity index is 763. The van der Waals surface area contributed by atoms with E-state index in [1.54, 1.807) is 0 Å². The smallest absolute Gasteiger partial charge is 0.226 e. The molecule has 1 amide bonds. The molecule has 1 aliphatic carbocycles. The van der Waals surface area contributed by atoms with Crippen molar-refractivity contribution in [1.29, 1.82) is 0 Å². The monoisotopic (exact) mass is 387 g/mol. The molecule has 3 N–H and O–H groups in total. The maximum absolute atomic E-state index is 13.1. The molecule has 1 aromatic carbocycles. The number of carbonyl (C=O) groups excluding carboxylic acids is 2. The SMILES string of the molecule is CC1(C(=O)NC(CCCCN)C(=O)c2nc3ccccc3s2)CCCCC1. The van der Waals surface area contributed by atoms with E-state index in [0.717, 1.165) is 48.7 Å². The maximum atomic E-state index is 13.1. The Morgan fingerprint density at radius 3 is 2.67 bits per heavy atom. The maximum Gasteiger partial charge on any atom is 0.226 e. The van der Waals surface area contributed by atoms with Crippen molar-refractivity contribution < 1.29 is 9.59 Å². The normalized spacial score (nSPS) is 17.6. The number of nitrogens with two attached hydrogens (primary N) is 1. The van der Waals surface area contributed by atoms with E-state index in [4.69, 9.17) is 5.73 Å². The van der Waals surface area contributed by atoms with Gasteiger partial charge in [0.15, 0.2) is 5.01 Å². The number of thiazole rings is 1. The van der Waals surface area contributed by atoms with Crippen LogP contribution >= 0.6 is 11.3 Å². The van der Waals surface area contributed by atoms with Crippen molar-refractivity contribution in [3.8, 4) is 0 Å². The molecule has 2 aromatic rings. The second-order valence-corrected chi connectivity index (χ2v) is 8.81. The van der Waals surface area contributed by atoms with Crippen LogP contribution in [-0.4, -0.2) is 29.3 Å². The first-order chi connectivity index (χ1) is 13.0. The molecule has 1 aromatic heterocycles. The fraction of sp³-hybridized carbons (Fsp3) is 0.571. The quantitative estimate of drug-likeness (QED) is 0.528. The van der Waals surface area contributed by atoms with Crippen LogP contribution in [0.2, 0.25) is 0 Å². The minimum Gasteiger partial charge on any atom is -0.345 e. The van der Waals surface area contributed by atoms with Gasteiger partial charge < -0.3 is 11.1 Å². The largest absolute Gasteiger partial charge is 0.345 e. The summed E-state index contributed by atoms with van der Waals surface area (Å²) in [5, 5.41) is 3.54. The molecule has 0 radical (unpaired) electrons. The molecule has 1 unspecified atom stereocenters. The first-order valence-corrected chi connectivity index (χ1v) is 10.8. The summed E-state index contributed by atoms with van der Waals surface area (Å²) in [6.45, 7) is 2.62. The number of ketones is 1. The Balaban J connectivity index is 1.77. The summed E-state index contributed by atoms with van der Waals surface area (Å²) in [4.78, 5) is 30.6. The topological polar surface area (TPSA) is 85.1 Å². The van der Waals surface area contributed by atoms with Crippen molar-refractivity contribution in [2.75, 3.05) is 6.54 Å². The van der Waals surface area contributed by atoms with Crippen LogP contribution in [0.3, 0.4) is 0 Å². The van der Waals surface area contributed by atoms with E-state index in [-0.39, 0.29) is 17.1 Å². The predicted octanol–water partition coefficient (Wildman–Crippen LogP) is 4.06. The van der Waals surface area contributed by atoms with E-state index in [2.05, 4.69) is 10.3 Å². The van der Waals surface area contributed by atoms with Crippen LogP contribution in [0.1, 0.15) is 68.1 Å². The molecule has 1 heterocycles. The Labute approximate surface area is 164 Å². The summed E-state index contributed by atoms with van der Waals surface area (Å²) in [7, 11) is 0. The van der Waals surface area contributed by atoms with Gasteiger partial charge in [0, 0.05) is 5.41 Å². The molecule has 5 nitrogen and oxygen atoms in total. The number of para-hydroxylation sites is 1. The average Bonchev–Trinajstić information content (AvgIpc) is 3.11. The van der Waals surface area contributed by atoms with Crippen LogP contribution in [-0.2, 0) is 4.79 Å². The van der Waals surface area contributed by atoms with E-state index >= 15 is 0 Å². The Morgan fingerprint density at radius 2 is 1.96 bits per heavy atom. The lowest BCUT2D eigenvalue weighted by Gasteiger charge is -2.33. The molecule has 146 valence electrons. The van der Waals surface area contributed by atoms with Gasteiger partial charge in [-0.25, -0.2) is 4.98 Å². The van der Waals surface area contributed by atoms with Crippen molar-refractivity contribution >= 4 is 33.2 Å². The number of amides is 1. The van der Waals surface area contributed by atoms with Crippen LogP contribution in [0, 0.1) is 5.41 Å². The van der Waals surface area contributed by atoms with E-state index in [1.165, 1.54) is 17.8 Å². The van der Waals surface area contributed by atoms with Crippen LogP contribution in [0.4, 0.5) is 0 Å². The number of nitrogens with zero attached hydrogens (tertiary/aromatic N) is 1. The minimum absolute atomic E-state index is 0.00871. The molecule has 0 spiro atoms. The first kappa shape index (κ1) is 20.0. The zero-order valence-corrected chi connectivity index (χ0v) is 16.8. The summed E-state index contributed by atoms with van der Waals surface area (Å²) < 4.78 is 0.993. The Hall–Kier alpha value is -1.79. The fourth-order valence-corrected chi connectivity index (χ4v) is 4.74. The molecule has 27 heavy (non-hydrogen) atoms. The molecule has 1 atom stereocenters. The Kier molecular flexibility index (Phi) is 6.60. The molecule has 1 saturated carbocycles. The molecule has 0 saturated heterocycles. The highest BCUT2D eigenvalue weighted by molar-refractivity contribution is 7.20. The number of hydrogen-bond acceptors (Lipinski definition) is 5. The van der Waals surface area contributed by atoms with Gasteiger partial charge in [-0.05, 0) is 50.8 Å². The van der Waals surface area contributed by atoms with Gasteiger partial charge in [0.25, 0.3) is 0 Å². The van der Waals surface area contributed by atoms with Gasteiger partial charge in [0.1, 0.15) is 0 Å². The van der Waals surface area contributed by atoms with E-state index in [9.17, 15) is 9.59 Å². The summed E-state index contributed by atoms with van der Waals surface area (Å²) >= 11 is 1.40. The van der Waals surface area contributed by atoms with Crippen molar-refractivity contribution in [2.45, 2.75) is 64.3 Å².